The van der Waals surface area contributed by atoms with Crippen molar-refractivity contribution in [2.75, 3.05) is 13.7 Å². The highest BCUT2D eigenvalue weighted by molar-refractivity contribution is 9.11. The summed E-state index contributed by atoms with van der Waals surface area (Å²) in [7, 11) is 1.30. The molecule has 98 valence electrons. The largest absolute Gasteiger partial charge is 0.468 e. The first-order chi connectivity index (χ1) is 8.43. The molecule has 1 rings (SSSR count). The number of halogens is 3. The molecule has 0 spiro atoms. The van der Waals surface area contributed by atoms with Gasteiger partial charge in [0.25, 0.3) is 5.91 Å². The van der Waals surface area contributed by atoms with Crippen molar-refractivity contribution in [3.05, 3.63) is 32.7 Å². The second-order valence-corrected chi connectivity index (χ2v) is 6.30. The lowest BCUT2D eigenvalue weighted by Crippen LogP contribution is -2.33. The fraction of sp³-hybridized carbons (Fsp3) is 0.273. The van der Waals surface area contributed by atoms with E-state index >= 15 is 0 Å². The van der Waals surface area contributed by atoms with Crippen LogP contribution >= 0.6 is 47.8 Å². The smallest absolute Gasteiger partial charge is 0.321 e. The minimum absolute atomic E-state index is 0.162. The van der Waals surface area contributed by atoms with Crippen LogP contribution in [-0.4, -0.2) is 30.4 Å². The zero-order valence-electron chi connectivity index (χ0n) is 9.38. The van der Waals surface area contributed by atoms with Crippen molar-refractivity contribution in [2.45, 2.75) is 4.83 Å². The summed E-state index contributed by atoms with van der Waals surface area (Å²) in [5, 5.41) is 2.64. The minimum atomic E-state index is -0.554. The van der Waals surface area contributed by atoms with Gasteiger partial charge in [0, 0.05) is 21.1 Å². The molecule has 0 aromatic heterocycles. The number of nitrogens with one attached hydrogen (secondary N) is 1. The zero-order chi connectivity index (χ0) is 13.7. The molecule has 0 radical (unpaired) electrons. The van der Waals surface area contributed by atoms with Crippen molar-refractivity contribution in [3.63, 3.8) is 0 Å². The van der Waals surface area contributed by atoms with Crippen LogP contribution in [0, 0.1) is 0 Å². The summed E-state index contributed by atoms with van der Waals surface area (Å²) < 4.78 is 6.13. The predicted octanol–water partition coefficient (Wildman–Crippen LogP) is 2.88. The molecule has 1 unspecified atom stereocenters. The summed E-state index contributed by atoms with van der Waals surface area (Å²) in [5.74, 6) is -0.684. The first-order valence-corrected chi connectivity index (χ1v) is 7.40. The van der Waals surface area contributed by atoms with E-state index in [0.717, 1.165) is 8.95 Å². The number of amides is 1. The molecule has 1 amide bonds. The Kier molecular flexibility index (Phi) is 6.31. The van der Waals surface area contributed by atoms with Crippen LogP contribution in [-0.2, 0) is 9.53 Å². The molecule has 0 aliphatic heterocycles. The van der Waals surface area contributed by atoms with Gasteiger partial charge in [-0.1, -0.05) is 47.8 Å². The predicted molar refractivity (Wildman–Crippen MR) is 78.9 cm³/mol. The average molecular weight is 444 g/mol. The van der Waals surface area contributed by atoms with Gasteiger partial charge in [0.2, 0.25) is 0 Å². The standard InChI is InChI=1S/C11H10Br3NO3/c1-18-11(17)9(14)5-15-10(16)6-2-7(12)4-8(13)3-6/h2-4,9H,5H2,1H3,(H,15,16). The minimum Gasteiger partial charge on any atom is -0.468 e. The number of benzene rings is 1. The second kappa shape index (κ2) is 7.25. The normalized spacial score (nSPS) is 11.8. The number of esters is 1. The number of hydrogen-bond donors (Lipinski definition) is 1. The fourth-order valence-corrected chi connectivity index (χ4v) is 2.82. The van der Waals surface area contributed by atoms with E-state index in [9.17, 15) is 9.59 Å². The molecule has 1 aromatic rings. The van der Waals surface area contributed by atoms with Crippen LogP contribution in [0.2, 0.25) is 0 Å². The van der Waals surface area contributed by atoms with Crippen molar-refractivity contribution >= 4 is 59.7 Å². The Labute approximate surface area is 130 Å². The van der Waals surface area contributed by atoms with Crippen LogP contribution in [0.1, 0.15) is 10.4 Å². The number of methoxy groups -OCH3 is 1. The summed E-state index contributed by atoms with van der Waals surface area (Å²) in [4.78, 5) is 22.4. The molecule has 7 heteroatoms. The third kappa shape index (κ3) is 4.70. The van der Waals surface area contributed by atoms with Crippen molar-refractivity contribution in [1.29, 1.82) is 0 Å². The summed E-state index contributed by atoms with van der Waals surface area (Å²) in [6, 6.07) is 5.22. The van der Waals surface area contributed by atoms with Crippen LogP contribution in [0.5, 0.6) is 0 Å². The van der Waals surface area contributed by atoms with Crippen LogP contribution in [0.25, 0.3) is 0 Å². The molecule has 0 saturated carbocycles. The molecule has 0 bridgehead atoms. The number of carbonyl (C=O) groups is 2. The maximum atomic E-state index is 11.8. The van der Waals surface area contributed by atoms with Gasteiger partial charge in [0.15, 0.2) is 0 Å². The number of hydrogen-bond acceptors (Lipinski definition) is 3. The molecular formula is C11H10Br3NO3. The van der Waals surface area contributed by atoms with E-state index in [4.69, 9.17) is 0 Å². The third-order valence-corrected chi connectivity index (χ3v) is 3.64. The Morgan fingerprint density at radius 1 is 1.28 bits per heavy atom. The summed E-state index contributed by atoms with van der Waals surface area (Å²) >= 11 is 9.73. The van der Waals surface area contributed by atoms with E-state index in [2.05, 4.69) is 57.8 Å². The van der Waals surface area contributed by atoms with Crippen LogP contribution in [0.15, 0.2) is 27.1 Å². The number of alkyl halides is 1. The van der Waals surface area contributed by atoms with Crippen molar-refractivity contribution in [1.82, 2.24) is 5.32 Å². The second-order valence-electron chi connectivity index (χ2n) is 3.36. The maximum Gasteiger partial charge on any atom is 0.321 e. The van der Waals surface area contributed by atoms with E-state index in [0.29, 0.717) is 5.56 Å². The van der Waals surface area contributed by atoms with E-state index in [1.807, 2.05) is 6.07 Å². The molecule has 0 aliphatic carbocycles. The topological polar surface area (TPSA) is 55.4 Å². The summed E-state index contributed by atoms with van der Waals surface area (Å²) in [5.41, 5.74) is 0.501. The first kappa shape index (κ1) is 15.7. The Morgan fingerprint density at radius 2 is 1.83 bits per heavy atom. The van der Waals surface area contributed by atoms with Gasteiger partial charge in [-0.15, -0.1) is 0 Å². The van der Waals surface area contributed by atoms with E-state index in [-0.39, 0.29) is 12.5 Å². The molecule has 0 saturated heterocycles. The molecule has 1 atom stereocenters. The van der Waals surface area contributed by atoms with Gasteiger partial charge >= 0.3 is 5.97 Å². The maximum absolute atomic E-state index is 11.8. The molecule has 0 fully saturated rings. The zero-order valence-corrected chi connectivity index (χ0v) is 14.1. The quantitative estimate of drug-likeness (QED) is 0.575. The van der Waals surface area contributed by atoms with Gasteiger partial charge in [-0.3, -0.25) is 9.59 Å². The molecule has 1 aromatic carbocycles. The van der Waals surface area contributed by atoms with Crippen LogP contribution < -0.4 is 5.32 Å². The van der Waals surface area contributed by atoms with Crippen molar-refractivity contribution < 1.29 is 14.3 Å². The fourth-order valence-electron chi connectivity index (χ4n) is 1.18. The van der Waals surface area contributed by atoms with Gasteiger partial charge < -0.3 is 10.1 Å². The van der Waals surface area contributed by atoms with Crippen LogP contribution in [0.4, 0.5) is 0 Å². The van der Waals surface area contributed by atoms with E-state index in [1.54, 1.807) is 12.1 Å². The lowest BCUT2D eigenvalue weighted by atomic mass is 10.2. The molecule has 0 aliphatic rings. The van der Waals surface area contributed by atoms with Gasteiger partial charge in [-0.2, -0.15) is 0 Å². The Bertz CT molecular complexity index is 445. The van der Waals surface area contributed by atoms with Gasteiger partial charge in [-0.05, 0) is 18.2 Å². The monoisotopic (exact) mass is 441 g/mol. The number of ether oxygens (including phenoxy) is 1. The van der Waals surface area contributed by atoms with Crippen LogP contribution in [0.3, 0.4) is 0 Å². The molecule has 0 heterocycles. The Balaban J connectivity index is 2.63. The SMILES string of the molecule is COC(=O)C(Br)CNC(=O)c1cc(Br)cc(Br)c1. The molecule has 18 heavy (non-hydrogen) atoms. The summed E-state index contributed by atoms with van der Waals surface area (Å²) in [6.45, 7) is 0.162. The first-order valence-electron chi connectivity index (χ1n) is 4.90. The van der Waals surface area contributed by atoms with Crippen molar-refractivity contribution in [3.8, 4) is 0 Å². The number of rotatable bonds is 4. The van der Waals surface area contributed by atoms with Gasteiger partial charge in [0.05, 0.1) is 7.11 Å². The average Bonchev–Trinajstić information content (AvgIpc) is 2.33. The van der Waals surface area contributed by atoms with E-state index < -0.39 is 10.8 Å². The lowest BCUT2D eigenvalue weighted by molar-refractivity contribution is -0.139. The van der Waals surface area contributed by atoms with Crippen molar-refractivity contribution in [2.24, 2.45) is 0 Å². The Morgan fingerprint density at radius 3 is 2.33 bits per heavy atom. The lowest BCUT2D eigenvalue weighted by Gasteiger charge is -2.09. The summed E-state index contributed by atoms with van der Waals surface area (Å²) in [6.07, 6.45) is 0. The highest BCUT2D eigenvalue weighted by Crippen LogP contribution is 2.20. The molecular weight excluding hydrogens is 434 g/mol. The number of carbonyl (C=O) groups excluding carboxylic acids is 2. The molecule has 1 N–H and O–H groups in total. The Hall–Kier alpha value is -0.400. The van der Waals surface area contributed by atoms with E-state index in [1.165, 1.54) is 7.11 Å². The highest BCUT2D eigenvalue weighted by Gasteiger charge is 2.16. The van der Waals surface area contributed by atoms with Gasteiger partial charge in [-0.25, -0.2) is 0 Å². The highest BCUT2D eigenvalue weighted by atomic mass is 79.9. The van der Waals surface area contributed by atoms with Gasteiger partial charge in [0.1, 0.15) is 4.83 Å². The third-order valence-electron chi connectivity index (χ3n) is 2.02. The molecule has 4 nitrogen and oxygen atoms in total.